The fourth-order valence-corrected chi connectivity index (χ4v) is 3.28. The van der Waals surface area contributed by atoms with E-state index in [-0.39, 0.29) is 0 Å². The van der Waals surface area contributed by atoms with Crippen molar-refractivity contribution >= 4 is 15.5 Å². The van der Waals surface area contributed by atoms with E-state index in [0.29, 0.717) is 4.90 Å². The third-order valence-electron chi connectivity index (χ3n) is 3.94. The summed E-state index contributed by atoms with van der Waals surface area (Å²) in [6.45, 7) is 0. The van der Waals surface area contributed by atoms with Gasteiger partial charge >= 0.3 is 0 Å². The van der Waals surface area contributed by atoms with E-state index in [4.69, 9.17) is 0 Å². The Kier molecular flexibility index (Phi) is 3.62. The zero-order valence-electron chi connectivity index (χ0n) is 13.4. The molecule has 0 aliphatic heterocycles. The van der Waals surface area contributed by atoms with Gasteiger partial charge in [-0.3, -0.25) is 0 Å². The van der Waals surface area contributed by atoms with Crippen LogP contribution in [-0.4, -0.2) is 29.3 Å². The van der Waals surface area contributed by atoms with Crippen LogP contribution in [0.2, 0.25) is 0 Å². The molecule has 0 saturated heterocycles. The number of rotatable bonds is 3. The van der Waals surface area contributed by atoms with E-state index < -0.39 is 9.84 Å². The second-order valence-electron chi connectivity index (χ2n) is 5.72. The molecule has 2 aromatic carbocycles. The second kappa shape index (κ2) is 5.82. The van der Waals surface area contributed by atoms with Crippen molar-refractivity contribution in [3.8, 4) is 22.5 Å². The zero-order chi connectivity index (χ0) is 17.4. The van der Waals surface area contributed by atoms with Gasteiger partial charge in [0.05, 0.1) is 22.5 Å². The highest BCUT2D eigenvalue weighted by atomic mass is 32.2. The number of fused-ring (bicyclic) bond motifs is 1. The highest BCUT2D eigenvalue weighted by molar-refractivity contribution is 7.90. The van der Waals surface area contributed by atoms with Crippen molar-refractivity contribution in [1.29, 1.82) is 0 Å². The topological polar surface area (TPSA) is 64.3 Å². The van der Waals surface area contributed by atoms with Crippen molar-refractivity contribution in [2.75, 3.05) is 6.26 Å². The molecular weight excluding hydrogens is 334 g/mol. The zero-order valence-corrected chi connectivity index (χ0v) is 14.2. The minimum Gasteiger partial charge on any atom is -0.235 e. The maximum atomic E-state index is 11.6. The minimum absolute atomic E-state index is 0.292. The average Bonchev–Trinajstić information content (AvgIpc) is 3.05. The van der Waals surface area contributed by atoms with Gasteiger partial charge in [0.15, 0.2) is 15.5 Å². The van der Waals surface area contributed by atoms with E-state index in [1.807, 2.05) is 36.4 Å². The predicted molar refractivity (Wildman–Crippen MR) is 95.8 cm³/mol. The molecule has 6 heteroatoms. The lowest BCUT2D eigenvalue weighted by Gasteiger charge is -2.05. The molecule has 0 amide bonds. The van der Waals surface area contributed by atoms with E-state index in [9.17, 15) is 8.42 Å². The maximum Gasteiger partial charge on any atom is 0.175 e. The van der Waals surface area contributed by atoms with Crippen molar-refractivity contribution < 1.29 is 8.42 Å². The highest BCUT2D eigenvalue weighted by Gasteiger charge is 2.10. The molecule has 0 aliphatic carbocycles. The monoisotopic (exact) mass is 348 g/mol. The molecule has 5 nitrogen and oxygen atoms in total. The summed E-state index contributed by atoms with van der Waals surface area (Å²) in [5.74, 6) is 0. The summed E-state index contributed by atoms with van der Waals surface area (Å²) in [6, 6.07) is 21.2. The van der Waals surface area contributed by atoms with Crippen LogP contribution in [0.5, 0.6) is 0 Å². The lowest BCUT2D eigenvalue weighted by atomic mass is 10.1. The molecule has 2 aromatic heterocycles. The van der Waals surface area contributed by atoms with Crippen LogP contribution in [0.3, 0.4) is 0 Å². The van der Waals surface area contributed by atoms with Crippen LogP contribution in [0.1, 0.15) is 0 Å². The first-order valence-corrected chi connectivity index (χ1v) is 9.53. The number of nitrogens with zero attached hydrogens (tertiary/aromatic N) is 3. The Bertz CT molecular complexity index is 1150. The summed E-state index contributed by atoms with van der Waals surface area (Å²) in [7, 11) is -3.21. The van der Waals surface area contributed by atoms with Gasteiger partial charge in [-0.05, 0) is 36.4 Å². The number of hydrogen-bond donors (Lipinski definition) is 0. The van der Waals surface area contributed by atoms with Crippen molar-refractivity contribution in [2.45, 2.75) is 4.90 Å². The number of aromatic nitrogens is 3. The summed E-state index contributed by atoms with van der Waals surface area (Å²) >= 11 is 0. The van der Waals surface area contributed by atoms with Gasteiger partial charge in [-0.15, -0.1) is 0 Å². The SMILES string of the molecule is CS(=O)(=O)c1ccc(-c2ccc3ncc(-c4c[c]ccc4)n3n2)cc1. The fraction of sp³-hybridized carbons (Fsp3) is 0.0526. The maximum absolute atomic E-state index is 11.6. The minimum atomic E-state index is -3.21. The summed E-state index contributed by atoms with van der Waals surface area (Å²) in [6.07, 6.45) is 2.98. The number of benzene rings is 2. The van der Waals surface area contributed by atoms with Crippen LogP contribution in [-0.2, 0) is 9.84 Å². The van der Waals surface area contributed by atoms with Gasteiger partial charge in [0.1, 0.15) is 0 Å². The molecule has 123 valence electrons. The van der Waals surface area contributed by atoms with Gasteiger partial charge < -0.3 is 0 Å². The number of sulfone groups is 1. The molecule has 2 heterocycles. The van der Waals surface area contributed by atoms with Gasteiger partial charge in [0.2, 0.25) is 0 Å². The van der Waals surface area contributed by atoms with Crippen LogP contribution in [0.25, 0.3) is 28.2 Å². The molecule has 4 aromatic rings. The van der Waals surface area contributed by atoms with Crippen LogP contribution in [0.4, 0.5) is 0 Å². The molecule has 0 spiro atoms. The largest absolute Gasteiger partial charge is 0.235 e. The summed E-state index contributed by atoms with van der Waals surface area (Å²) < 4.78 is 25.0. The Hall–Kier alpha value is -2.99. The molecule has 25 heavy (non-hydrogen) atoms. The van der Waals surface area contributed by atoms with Gasteiger partial charge in [-0.1, -0.05) is 30.3 Å². The summed E-state index contributed by atoms with van der Waals surface area (Å²) in [5, 5.41) is 4.66. The molecule has 0 atom stereocenters. The first kappa shape index (κ1) is 15.5. The third-order valence-corrected chi connectivity index (χ3v) is 5.07. The molecule has 4 rings (SSSR count). The van der Waals surface area contributed by atoms with E-state index in [1.165, 1.54) is 6.26 Å². The Morgan fingerprint density at radius 1 is 1.00 bits per heavy atom. The molecule has 1 radical (unpaired) electrons. The molecule has 0 aliphatic rings. The molecule has 0 saturated carbocycles. The van der Waals surface area contributed by atoms with Gasteiger partial charge in [0.25, 0.3) is 0 Å². The third kappa shape index (κ3) is 2.92. The Morgan fingerprint density at radius 2 is 1.80 bits per heavy atom. The van der Waals surface area contributed by atoms with E-state index in [2.05, 4.69) is 16.1 Å². The smallest absolute Gasteiger partial charge is 0.175 e. The highest BCUT2D eigenvalue weighted by Crippen LogP contribution is 2.23. The lowest BCUT2D eigenvalue weighted by molar-refractivity contribution is 0.602. The Morgan fingerprint density at radius 3 is 2.48 bits per heavy atom. The number of hydrogen-bond acceptors (Lipinski definition) is 4. The van der Waals surface area contributed by atoms with E-state index >= 15 is 0 Å². The second-order valence-corrected chi connectivity index (χ2v) is 7.74. The molecular formula is C19H14N3O2S. The molecule has 0 N–H and O–H groups in total. The van der Waals surface area contributed by atoms with Crippen LogP contribution >= 0.6 is 0 Å². The lowest BCUT2D eigenvalue weighted by Crippen LogP contribution is -1.98. The average molecular weight is 348 g/mol. The number of imidazole rings is 1. The van der Waals surface area contributed by atoms with E-state index in [1.54, 1.807) is 35.0 Å². The van der Waals surface area contributed by atoms with Crippen molar-refractivity contribution in [2.24, 2.45) is 0 Å². The molecule has 0 fully saturated rings. The molecule has 0 unspecified atom stereocenters. The van der Waals surface area contributed by atoms with Crippen molar-refractivity contribution in [1.82, 2.24) is 14.6 Å². The van der Waals surface area contributed by atoms with Crippen LogP contribution in [0, 0.1) is 6.07 Å². The summed E-state index contributed by atoms with van der Waals surface area (Å²) in [5.41, 5.74) is 4.18. The fourth-order valence-electron chi connectivity index (χ4n) is 2.65. The van der Waals surface area contributed by atoms with E-state index in [0.717, 1.165) is 28.2 Å². The Balaban J connectivity index is 1.81. The Labute approximate surface area is 145 Å². The standard InChI is InChI=1S/C19H14N3O2S/c1-25(23,24)16-9-7-14(8-10-16)17-11-12-19-20-13-18(22(19)21-17)15-5-3-2-4-6-15/h2-3,5-13H,1H3. The first-order valence-electron chi connectivity index (χ1n) is 7.64. The molecule has 0 bridgehead atoms. The van der Waals surface area contributed by atoms with Crippen LogP contribution in [0.15, 0.2) is 71.8 Å². The predicted octanol–water partition coefficient (Wildman–Crippen LogP) is 3.27. The van der Waals surface area contributed by atoms with Gasteiger partial charge in [0, 0.05) is 17.4 Å². The van der Waals surface area contributed by atoms with Crippen molar-refractivity contribution in [3.63, 3.8) is 0 Å². The van der Waals surface area contributed by atoms with Crippen molar-refractivity contribution in [3.05, 3.63) is 72.9 Å². The van der Waals surface area contributed by atoms with Crippen LogP contribution < -0.4 is 0 Å². The van der Waals surface area contributed by atoms with Gasteiger partial charge in [-0.25, -0.2) is 17.9 Å². The summed E-state index contributed by atoms with van der Waals surface area (Å²) in [4.78, 5) is 4.68. The van der Waals surface area contributed by atoms with Gasteiger partial charge in [-0.2, -0.15) is 5.10 Å². The first-order chi connectivity index (χ1) is 12.0. The normalized spacial score (nSPS) is 11.7. The quantitative estimate of drug-likeness (QED) is 0.570.